The van der Waals surface area contributed by atoms with E-state index in [1.165, 1.54) is 6.07 Å². The molecule has 6 nitrogen and oxygen atoms in total. The average molecular weight is 328 g/mol. The van der Waals surface area contributed by atoms with Gasteiger partial charge in [-0.05, 0) is 44.4 Å². The summed E-state index contributed by atoms with van der Waals surface area (Å²) < 4.78 is 5.27. The Morgan fingerprint density at radius 2 is 1.83 bits per heavy atom. The van der Waals surface area contributed by atoms with Gasteiger partial charge in [0.25, 0.3) is 0 Å². The first-order chi connectivity index (χ1) is 11.5. The number of phenols is 1. The fourth-order valence-electron chi connectivity index (χ4n) is 2.22. The molecule has 0 aliphatic carbocycles. The summed E-state index contributed by atoms with van der Waals surface area (Å²) in [5.41, 5.74) is 0.968. The van der Waals surface area contributed by atoms with E-state index in [-0.39, 0.29) is 5.75 Å². The lowest BCUT2D eigenvalue weighted by Crippen LogP contribution is -2.13. The van der Waals surface area contributed by atoms with E-state index < -0.39 is 5.63 Å². The second-order valence-corrected chi connectivity index (χ2v) is 5.51. The molecule has 3 aromatic rings. The summed E-state index contributed by atoms with van der Waals surface area (Å²) in [6.45, 7) is 0.528. The molecule has 0 amide bonds. The Bertz CT molecular complexity index is 916. The van der Waals surface area contributed by atoms with Crippen molar-refractivity contribution in [1.82, 2.24) is 4.90 Å². The first kappa shape index (κ1) is 17.5. The molecule has 1 heterocycles. The number of benzene rings is 2. The number of aldehydes is 1. The van der Waals surface area contributed by atoms with Gasteiger partial charge in [0.15, 0.2) is 0 Å². The smallest absolute Gasteiger partial charge is 0.344 e. The highest BCUT2D eigenvalue weighted by atomic mass is 16.4. The summed E-state index contributed by atoms with van der Waals surface area (Å²) in [6.07, 6.45) is 0.875. The molecule has 126 valence electrons. The first-order valence-corrected chi connectivity index (χ1v) is 7.42. The number of rotatable bonds is 3. The summed E-state index contributed by atoms with van der Waals surface area (Å²) in [5.74, 6) is 0.0565. The maximum Gasteiger partial charge on any atom is 0.344 e. The lowest BCUT2D eigenvalue weighted by Gasteiger charge is -2.05. The van der Waals surface area contributed by atoms with Crippen LogP contribution in [0.1, 0.15) is 0 Å². The molecule has 3 rings (SSSR count). The van der Waals surface area contributed by atoms with Gasteiger partial charge in [-0.2, -0.15) is 0 Å². The maximum atomic E-state index is 11.8. The Labute approximate surface area is 139 Å². The van der Waals surface area contributed by atoms with Crippen LogP contribution in [0.3, 0.4) is 0 Å². The van der Waals surface area contributed by atoms with Gasteiger partial charge in [-0.3, -0.25) is 0 Å². The van der Waals surface area contributed by atoms with Crippen molar-refractivity contribution in [3.05, 3.63) is 46.8 Å². The number of nitrogens with one attached hydrogen (secondary N) is 1. The molecule has 0 radical (unpaired) electrons. The number of hydrogen-bond donors (Lipinski definition) is 2. The molecular formula is C18H20N2O4. The van der Waals surface area contributed by atoms with Crippen molar-refractivity contribution in [2.45, 2.75) is 0 Å². The molecule has 0 atom stereocenters. The van der Waals surface area contributed by atoms with E-state index in [1.54, 1.807) is 25.2 Å². The summed E-state index contributed by atoms with van der Waals surface area (Å²) in [5, 5.41) is 14.4. The summed E-state index contributed by atoms with van der Waals surface area (Å²) in [6, 6.07) is 10.3. The third-order valence-corrected chi connectivity index (χ3v) is 3.43. The van der Waals surface area contributed by atoms with Gasteiger partial charge in [-0.1, -0.05) is 0 Å². The monoisotopic (exact) mass is 328 g/mol. The molecule has 0 saturated carbocycles. The van der Waals surface area contributed by atoms with Gasteiger partial charge >= 0.3 is 5.63 Å². The zero-order valence-electron chi connectivity index (χ0n) is 13.9. The van der Waals surface area contributed by atoms with Gasteiger partial charge in [-0.25, -0.2) is 4.79 Å². The van der Waals surface area contributed by atoms with Crippen LogP contribution in [0.15, 0.2) is 45.6 Å². The predicted molar refractivity (Wildman–Crippen MR) is 95.8 cm³/mol. The second-order valence-electron chi connectivity index (χ2n) is 5.51. The minimum absolute atomic E-state index is 0.0565. The molecule has 1 aromatic heterocycles. The number of nitrogens with zero attached hydrogens (tertiary/aromatic N) is 1. The van der Waals surface area contributed by atoms with E-state index in [4.69, 9.17) is 4.42 Å². The number of anilines is 1. The maximum absolute atomic E-state index is 11.8. The minimum atomic E-state index is -0.443. The number of likely N-dealkylation sites (N-methyl/N-ethyl adjacent to an activating group) is 1. The molecular weight excluding hydrogens is 308 g/mol. The Morgan fingerprint density at radius 3 is 2.42 bits per heavy atom. The average Bonchev–Trinajstić information content (AvgIpc) is 2.55. The normalized spacial score (nSPS) is 10.5. The van der Waals surface area contributed by atoms with Gasteiger partial charge in [-0.15, -0.1) is 0 Å². The van der Waals surface area contributed by atoms with Crippen molar-refractivity contribution in [3.8, 4) is 5.75 Å². The summed E-state index contributed by atoms with van der Waals surface area (Å²) in [4.78, 5) is 23.2. The minimum Gasteiger partial charge on any atom is -0.508 e. The Balaban J connectivity index is 0.000000301. The number of phenolic OH excluding ortho intramolecular Hbond substituents is 1. The van der Waals surface area contributed by atoms with Gasteiger partial charge in [0, 0.05) is 29.6 Å². The van der Waals surface area contributed by atoms with Crippen LogP contribution in [-0.2, 0) is 4.79 Å². The van der Waals surface area contributed by atoms with Crippen LogP contribution in [-0.4, -0.2) is 44.0 Å². The van der Waals surface area contributed by atoms with E-state index in [2.05, 4.69) is 5.32 Å². The molecule has 6 heteroatoms. The van der Waals surface area contributed by atoms with Crippen molar-refractivity contribution in [2.24, 2.45) is 0 Å². The van der Waals surface area contributed by atoms with E-state index in [0.29, 0.717) is 17.5 Å². The third-order valence-electron chi connectivity index (χ3n) is 3.43. The highest BCUT2D eigenvalue weighted by Crippen LogP contribution is 2.27. The summed E-state index contributed by atoms with van der Waals surface area (Å²) >= 11 is 0. The highest BCUT2D eigenvalue weighted by Gasteiger charge is 2.08. The second kappa shape index (κ2) is 7.61. The summed E-state index contributed by atoms with van der Waals surface area (Å²) in [7, 11) is 5.52. The van der Waals surface area contributed by atoms with Gasteiger partial charge in [0.1, 0.15) is 17.6 Å². The van der Waals surface area contributed by atoms with Crippen molar-refractivity contribution in [1.29, 1.82) is 0 Å². The molecule has 0 saturated heterocycles. The zero-order valence-corrected chi connectivity index (χ0v) is 13.9. The largest absolute Gasteiger partial charge is 0.508 e. The van der Waals surface area contributed by atoms with E-state index in [1.807, 2.05) is 31.1 Å². The SMILES string of the molecule is CN(C)CC=O.CNc1ccc2c(c1)oc(=O)c1cc(O)ccc12. The lowest BCUT2D eigenvalue weighted by molar-refractivity contribution is -0.108. The number of carbonyl (C=O) groups excluding carboxylic acids is 1. The predicted octanol–water partition coefficient (Wildman–Crippen LogP) is 2.44. The van der Waals surface area contributed by atoms with Gasteiger partial charge in [0.2, 0.25) is 0 Å². The quantitative estimate of drug-likeness (QED) is 0.436. The third kappa shape index (κ3) is 3.91. The molecule has 24 heavy (non-hydrogen) atoms. The number of aromatic hydroxyl groups is 1. The number of fused-ring (bicyclic) bond motifs is 3. The van der Waals surface area contributed by atoms with Crippen LogP contribution in [0, 0.1) is 0 Å². The molecule has 0 aliphatic rings. The van der Waals surface area contributed by atoms with Crippen molar-refractivity contribution >= 4 is 33.7 Å². The zero-order chi connectivity index (χ0) is 17.7. The fraction of sp³-hybridized carbons (Fsp3) is 0.222. The molecule has 0 unspecified atom stereocenters. The lowest BCUT2D eigenvalue weighted by atomic mass is 10.1. The number of hydrogen-bond acceptors (Lipinski definition) is 6. The van der Waals surface area contributed by atoms with Crippen LogP contribution in [0.2, 0.25) is 0 Å². The highest BCUT2D eigenvalue weighted by molar-refractivity contribution is 6.05. The van der Waals surface area contributed by atoms with Crippen LogP contribution in [0.5, 0.6) is 5.75 Å². The van der Waals surface area contributed by atoms with Crippen molar-refractivity contribution in [2.75, 3.05) is 33.0 Å². The first-order valence-electron chi connectivity index (χ1n) is 7.42. The molecule has 0 fully saturated rings. The van der Waals surface area contributed by atoms with Gasteiger partial charge in [0.05, 0.1) is 11.9 Å². The molecule has 2 N–H and O–H groups in total. The molecule has 0 bridgehead atoms. The van der Waals surface area contributed by atoms with E-state index >= 15 is 0 Å². The van der Waals surface area contributed by atoms with Gasteiger partial charge < -0.3 is 24.5 Å². The Morgan fingerprint density at radius 1 is 1.12 bits per heavy atom. The molecule has 0 aliphatic heterocycles. The fourth-order valence-corrected chi connectivity index (χ4v) is 2.22. The topological polar surface area (TPSA) is 82.8 Å². The van der Waals surface area contributed by atoms with Crippen LogP contribution < -0.4 is 10.9 Å². The van der Waals surface area contributed by atoms with Crippen LogP contribution in [0.25, 0.3) is 21.7 Å². The molecule has 2 aromatic carbocycles. The molecule has 0 spiro atoms. The Hall–Kier alpha value is -2.86. The van der Waals surface area contributed by atoms with E-state index in [9.17, 15) is 14.7 Å². The van der Waals surface area contributed by atoms with Crippen LogP contribution in [0.4, 0.5) is 5.69 Å². The van der Waals surface area contributed by atoms with Crippen LogP contribution >= 0.6 is 0 Å². The van der Waals surface area contributed by atoms with Crippen molar-refractivity contribution < 1.29 is 14.3 Å². The standard InChI is InChI=1S/C14H11NO3.C4H9NO/c1-15-8-2-4-11-10-5-3-9(16)7-12(10)14(17)18-13(11)6-8;1-5(2)3-4-6/h2-7,15-16H,1H3;4H,3H2,1-2H3. The van der Waals surface area contributed by atoms with E-state index in [0.717, 1.165) is 22.7 Å². The number of carbonyl (C=O) groups is 1. The Kier molecular flexibility index (Phi) is 5.55. The van der Waals surface area contributed by atoms with Crippen molar-refractivity contribution in [3.63, 3.8) is 0 Å².